The van der Waals surface area contributed by atoms with Gasteiger partial charge in [0.2, 0.25) is 0 Å². The van der Waals surface area contributed by atoms with Crippen molar-refractivity contribution in [2.75, 3.05) is 0 Å². The molecule has 0 heterocycles. The van der Waals surface area contributed by atoms with Gasteiger partial charge < -0.3 is 0 Å². The van der Waals surface area contributed by atoms with Crippen LogP contribution in [0.25, 0.3) is 0 Å². The van der Waals surface area contributed by atoms with E-state index in [1.807, 2.05) is 0 Å². The molecule has 0 atom stereocenters. The number of alkyl halides is 3. The van der Waals surface area contributed by atoms with E-state index in [1.165, 1.54) is 0 Å². The lowest BCUT2D eigenvalue weighted by molar-refractivity contribution is -0.140. The molecule has 0 radical (unpaired) electrons. The van der Waals surface area contributed by atoms with Crippen LogP contribution < -0.4 is 0 Å². The Morgan fingerprint density at radius 3 is 2.26 bits per heavy atom. The summed E-state index contributed by atoms with van der Waals surface area (Å²) in [7, 11) is -5.08. The third-order valence-electron chi connectivity index (χ3n) is 2.35. The van der Waals surface area contributed by atoms with Gasteiger partial charge in [-0.3, -0.25) is 4.55 Å². The predicted octanol–water partition coefficient (Wildman–Crippen LogP) is 3.81. The lowest BCUT2D eigenvalue weighted by Gasteiger charge is -2.16. The van der Waals surface area contributed by atoms with Crippen molar-refractivity contribution in [2.24, 2.45) is 0 Å². The first-order chi connectivity index (χ1) is 8.50. The molecule has 1 rings (SSSR count). The minimum Gasteiger partial charge on any atom is -0.282 e. The van der Waals surface area contributed by atoms with Crippen molar-refractivity contribution in [1.29, 1.82) is 0 Å². The van der Waals surface area contributed by atoms with Gasteiger partial charge in [-0.25, -0.2) is 4.39 Å². The summed E-state index contributed by atoms with van der Waals surface area (Å²) in [5, 5.41) is 0. The zero-order valence-corrected chi connectivity index (χ0v) is 12.0. The summed E-state index contributed by atoms with van der Waals surface area (Å²) in [5.74, 6) is -1.98. The van der Waals surface area contributed by atoms with Crippen molar-refractivity contribution in [3.8, 4) is 0 Å². The summed E-state index contributed by atoms with van der Waals surface area (Å²) in [6.45, 7) is 1.60. The van der Waals surface area contributed by atoms with Crippen LogP contribution in [0.4, 0.5) is 17.6 Å². The molecule has 0 saturated heterocycles. The Morgan fingerprint density at radius 1 is 1.37 bits per heavy atom. The molecule has 9 heteroatoms. The van der Waals surface area contributed by atoms with Crippen LogP contribution in [0.2, 0.25) is 0 Å². The van der Waals surface area contributed by atoms with Crippen LogP contribution in [-0.4, -0.2) is 13.0 Å². The summed E-state index contributed by atoms with van der Waals surface area (Å²) in [6.07, 6.45) is -4.83. The molecule has 108 valence electrons. The van der Waals surface area contributed by atoms with Gasteiger partial charge in [-0.15, -0.1) is 0 Å². The Balaban J connectivity index is 3.78. The zero-order valence-electron chi connectivity index (χ0n) is 9.55. The SMILES string of the molecule is CCCc1c(Br)cc(S(=O)(=O)O)c(F)c1C(F)(F)F. The van der Waals surface area contributed by atoms with Crippen LogP contribution in [0, 0.1) is 5.82 Å². The number of halogens is 5. The Hall–Kier alpha value is -0.670. The molecule has 0 bridgehead atoms. The van der Waals surface area contributed by atoms with Crippen molar-refractivity contribution in [3.05, 3.63) is 27.5 Å². The zero-order chi connectivity index (χ0) is 15.0. The van der Waals surface area contributed by atoms with Crippen molar-refractivity contribution in [1.82, 2.24) is 0 Å². The number of benzene rings is 1. The van der Waals surface area contributed by atoms with Crippen molar-refractivity contribution in [2.45, 2.75) is 30.8 Å². The average Bonchev–Trinajstić information content (AvgIpc) is 2.19. The number of hydrogen-bond donors (Lipinski definition) is 1. The molecule has 0 aromatic heterocycles. The molecule has 1 N–H and O–H groups in total. The van der Waals surface area contributed by atoms with Gasteiger partial charge in [-0.05, 0) is 18.1 Å². The first-order valence-electron chi connectivity index (χ1n) is 5.05. The first kappa shape index (κ1) is 16.4. The third-order valence-corrected chi connectivity index (χ3v) is 3.91. The topological polar surface area (TPSA) is 54.4 Å². The van der Waals surface area contributed by atoms with E-state index in [-0.39, 0.29) is 16.5 Å². The molecule has 0 aliphatic heterocycles. The highest BCUT2D eigenvalue weighted by Crippen LogP contribution is 2.40. The van der Waals surface area contributed by atoms with Gasteiger partial charge in [0.1, 0.15) is 4.90 Å². The average molecular weight is 365 g/mol. The van der Waals surface area contributed by atoms with Crippen LogP contribution in [0.15, 0.2) is 15.4 Å². The normalized spacial score (nSPS) is 12.8. The van der Waals surface area contributed by atoms with Gasteiger partial charge in [0.05, 0.1) is 5.56 Å². The molecule has 0 amide bonds. The van der Waals surface area contributed by atoms with E-state index < -0.39 is 32.6 Å². The van der Waals surface area contributed by atoms with Crippen LogP contribution in [0.5, 0.6) is 0 Å². The smallest absolute Gasteiger partial charge is 0.282 e. The Labute approximate surface area is 115 Å². The maximum atomic E-state index is 13.7. The quantitative estimate of drug-likeness (QED) is 0.655. The second kappa shape index (κ2) is 5.37. The molecule has 1 aromatic carbocycles. The maximum absolute atomic E-state index is 13.7. The fourth-order valence-electron chi connectivity index (χ4n) is 1.62. The van der Waals surface area contributed by atoms with E-state index in [9.17, 15) is 26.0 Å². The molecule has 0 unspecified atom stereocenters. The molecular formula is C10H9BrF4O3S. The van der Waals surface area contributed by atoms with Gasteiger partial charge in [-0.2, -0.15) is 21.6 Å². The summed E-state index contributed by atoms with van der Waals surface area (Å²) in [5.41, 5.74) is -2.05. The van der Waals surface area contributed by atoms with E-state index in [2.05, 4.69) is 15.9 Å². The fraction of sp³-hybridized carbons (Fsp3) is 0.400. The highest BCUT2D eigenvalue weighted by Gasteiger charge is 2.40. The highest BCUT2D eigenvalue weighted by molar-refractivity contribution is 9.10. The van der Waals surface area contributed by atoms with Crippen molar-refractivity contribution >= 4 is 26.0 Å². The third kappa shape index (κ3) is 3.46. The minimum absolute atomic E-state index is 0.0852. The predicted molar refractivity (Wildman–Crippen MR) is 62.9 cm³/mol. The Morgan fingerprint density at radius 2 is 1.89 bits per heavy atom. The number of hydrogen-bond acceptors (Lipinski definition) is 2. The molecular weight excluding hydrogens is 356 g/mol. The molecule has 3 nitrogen and oxygen atoms in total. The Bertz CT molecular complexity index is 596. The molecule has 0 aliphatic rings. The minimum atomic E-state index is -5.08. The molecule has 19 heavy (non-hydrogen) atoms. The molecule has 1 aromatic rings. The molecule has 0 aliphatic carbocycles. The van der Waals surface area contributed by atoms with Gasteiger partial charge in [0.15, 0.2) is 5.82 Å². The van der Waals surface area contributed by atoms with Gasteiger partial charge in [-0.1, -0.05) is 29.3 Å². The van der Waals surface area contributed by atoms with E-state index in [0.29, 0.717) is 12.5 Å². The van der Waals surface area contributed by atoms with E-state index in [1.54, 1.807) is 6.92 Å². The largest absolute Gasteiger partial charge is 0.419 e. The van der Waals surface area contributed by atoms with Crippen LogP contribution >= 0.6 is 15.9 Å². The number of rotatable bonds is 3. The second-order valence-corrected chi connectivity index (χ2v) is 5.99. The van der Waals surface area contributed by atoms with Crippen LogP contribution in [0.1, 0.15) is 24.5 Å². The standard InChI is InChI=1S/C10H9BrF4O3S/c1-2-3-5-6(11)4-7(19(16,17)18)9(12)8(5)10(13,14)15/h4H,2-3H2,1H3,(H,16,17,18). The molecule has 0 spiro atoms. The van der Waals surface area contributed by atoms with Crippen LogP contribution in [0.3, 0.4) is 0 Å². The Kier molecular flexibility index (Phi) is 4.63. The summed E-state index contributed by atoms with van der Waals surface area (Å²) in [4.78, 5) is -1.40. The van der Waals surface area contributed by atoms with Crippen molar-refractivity contribution < 1.29 is 30.5 Å². The lowest BCUT2D eigenvalue weighted by Crippen LogP contribution is -2.16. The summed E-state index contributed by atoms with van der Waals surface area (Å²) in [6, 6.07) is 0.630. The first-order valence-corrected chi connectivity index (χ1v) is 7.29. The van der Waals surface area contributed by atoms with E-state index in [4.69, 9.17) is 4.55 Å². The van der Waals surface area contributed by atoms with Gasteiger partial charge >= 0.3 is 6.18 Å². The molecule has 0 saturated carbocycles. The van der Waals surface area contributed by atoms with Crippen molar-refractivity contribution in [3.63, 3.8) is 0 Å². The van der Waals surface area contributed by atoms with Gasteiger partial charge in [0.25, 0.3) is 10.1 Å². The fourth-order valence-corrected chi connectivity index (χ4v) is 2.99. The maximum Gasteiger partial charge on any atom is 0.419 e. The van der Waals surface area contributed by atoms with Gasteiger partial charge in [0, 0.05) is 4.47 Å². The van der Waals surface area contributed by atoms with Crippen LogP contribution in [-0.2, 0) is 22.7 Å². The summed E-state index contributed by atoms with van der Waals surface area (Å²) >= 11 is 2.78. The second-order valence-electron chi connectivity index (χ2n) is 3.75. The highest BCUT2D eigenvalue weighted by atomic mass is 79.9. The van der Waals surface area contributed by atoms with E-state index in [0.717, 1.165) is 0 Å². The lowest BCUT2D eigenvalue weighted by atomic mass is 10.0. The van der Waals surface area contributed by atoms with E-state index >= 15 is 0 Å². The molecule has 0 fully saturated rings. The monoisotopic (exact) mass is 364 g/mol. The summed E-state index contributed by atoms with van der Waals surface area (Å²) < 4.78 is 82.6.